The summed E-state index contributed by atoms with van der Waals surface area (Å²) in [4.78, 5) is 13.2. The van der Waals surface area contributed by atoms with E-state index in [0.717, 1.165) is 16.3 Å². The first-order valence-electron chi connectivity index (χ1n) is 6.45. The summed E-state index contributed by atoms with van der Waals surface area (Å²) in [6, 6.07) is 14.7. The Morgan fingerprint density at radius 1 is 1.14 bits per heavy atom. The number of benzene rings is 2. The molecule has 1 unspecified atom stereocenters. The van der Waals surface area contributed by atoms with Crippen molar-refractivity contribution in [1.29, 1.82) is 0 Å². The van der Waals surface area contributed by atoms with Gasteiger partial charge in [-0.05, 0) is 55.5 Å². The average Bonchev–Trinajstić information content (AvgIpc) is 2.50. The predicted molar refractivity (Wildman–Crippen MR) is 88.4 cm³/mol. The highest BCUT2D eigenvalue weighted by molar-refractivity contribution is 8.00. The summed E-state index contributed by atoms with van der Waals surface area (Å²) in [5.41, 5.74) is 0.742. The molecular formula is C16H16ClNO2S. The zero-order valence-electron chi connectivity index (χ0n) is 11.8. The van der Waals surface area contributed by atoms with E-state index in [1.54, 1.807) is 31.4 Å². The Kier molecular flexibility index (Phi) is 5.53. The summed E-state index contributed by atoms with van der Waals surface area (Å²) in [6.07, 6.45) is 0. The Labute approximate surface area is 133 Å². The molecule has 5 heteroatoms. The van der Waals surface area contributed by atoms with Gasteiger partial charge in [0.05, 0.1) is 12.4 Å². The lowest BCUT2D eigenvalue weighted by molar-refractivity contribution is -0.115. The highest BCUT2D eigenvalue weighted by Crippen LogP contribution is 2.26. The summed E-state index contributed by atoms with van der Waals surface area (Å²) in [7, 11) is 1.63. The number of hydrogen-bond donors (Lipinski definition) is 1. The van der Waals surface area contributed by atoms with E-state index in [4.69, 9.17) is 16.3 Å². The first kappa shape index (κ1) is 15.7. The van der Waals surface area contributed by atoms with Crippen LogP contribution in [0.3, 0.4) is 0 Å². The van der Waals surface area contributed by atoms with Crippen LogP contribution in [-0.4, -0.2) is 18.3 Å². The first-order valence-corrected chi connectivity index (χ1v) is 7.71. The number of halogens is 1. The van der Waals surface area contributed by atoms with Gasteiger partial charge in [-0.3, -0.25) is 4.79 Å². The van der Waals surface area contributed by atoms with Gasteiger partial charge < -0.3 is 10.1 Å². The van der Waals surface area contributed by atoms with Gasteiger partial charge in [0.2, 0.25) is 5.91 Å². The van der Waals surface area contributed by atoms with Gasteiger partial charge in [0, 0.05) is 15.6 Å². The smallest absolute Gasteiger partial charge is 0.237 e. The maximum atomic E-state index is 12.1. The van der Waals surface area contributed by atoms with Gasteiger partial charge in [0.15, 0.2) is 0 Å². The molecule has 0 saturated heterocycles. The van der Waals surface area contributed by atoms with Crippen molar-refractivity contribution in [2.75, 3.05) is 12.4 Å². The Morgan fingerprint density at radius 2 is 1.76 bits per heavy atom. The standard InChI is InChI=1S/C16H16ClNO2S/c1-11(21-15-9-7-14(20-2)8-10-15)16(19)18-13-5-3-12(17)4-6-13/h3-11H,1-2H3,(H,18,19). The lowest BCUT2D eigenvalue weighted by atomic mass is 10.3. The molecule has 2 aromatic carbocycles. The van der Waals surface area contributed by atoms with Gasteiger partial charge in [0.25, 0.3) is 0 Å². The molecule has 110 valence electrons. The Morgan fingerprint density at radius 3 is 2.33 bits per heavy atom. The highest BCUT2D eigenvalue weighted by Gasteiger charge is 2.14. The topological polar surface area (TPSA) is 38.3 Å². The van der Waals surface area contributed by atoms with Crippen LogP contribution < -0.4 is 10.1 Å². The number of methoxy groups -OCH3 is 1. The number of ether oxygens (including phenoxy) is 1. The van der Waals surface area contributed by atoms with Crippen LogP contribution in [0.2, 0.25) is 5.02 Å². The van der Waals surface area contributed by atoms with Crippen molar-refractivity contribution in [3.05, 3.63) is 53.6 Å². The molecule has 2 rings (SSSR count). The van der Waals surface area contributed by atoms with Crippen LogP contribution >= 0.6 is 23.4 Å². The van der Waals surface area contributed by atoms with Crippen LogP contribution in [0.5, 0.6) is 5.75 Å². The summed E-state index contributed by atoms with van der Waals surface area (Å²) in [5.74, 6) is 0.760. The number of thioether (sulfide) groups is 1. The monoisotopic (exact) mass is 321 g/mol. The minimum Gasteiger partial charge on any atom is -0.497 e. The number of carbonyl (C=O) groups is 1. The molecule has 1 atom stereocenters. The highest BCUT2D eigenvalue weighted by atomic mass is 35.5. The van der Waals surface area contributed by atoms with Gasteiger partial charge in [-0.1, -0.05) is 11.6 Å². The van der Waals surface area contributed by atoms with E-state index in [2.05, 4.69) is 5.32 Å². The second-order valence-electron chi connectivity index (χ2n) is 4.43. The van der Waals surface area contributed by atoms with Crippen molar-refractivity contribution < 1.29 is 9.53 Å². The molecule has 0 fully saturated rings. The second-order valence-corrected chi connectivity index (χ2v) is 6.28. The summed E-state index contributed by atoms with van der Waals surface area (Å²) in [6.45, 7) is 1.88. The third-order valence-electron chi connectivity index (χ3n) is 2.85. The van der Waals surface area contributed by atoms with Crippen LogP contribution in [0.15, 0.2) is 53.4 Å². The van der Waals surface area contributed by atoms with Gasteiger partial charge in [0.1, 0.15) is 5.75 Å². The molecule has 0 aliphatic carbocycles. The zero-order chi connectivity index (χ0) is 15.2. The summed E-state index contributed by atoms with van der Waals surface area (Å²) < 4.78 is 5.11. The van der Waals surface area contributed by atoms with E-state index < -0.39 is 0 Å². The van der Waals surface area contributed by atoms with Gasteiger partial charge in [-0.25, -0.2) is 0 Å². The molecule has 1 amide bonds. The molecule has 1 N–H and O–H groups in total. The fourth-order valence-corrected chi connectivity index (χ4v) is 2.68. The van der Waals surface area contributed by atoms with Crippen molar-refractivity contribution in [3.63, 3.8) is 0 Å². The van der Waals surface area contributed by atoms with Crippen molar-refractivity contribution >= 4 is 35.0 Å². The SMILES string of the molecule is COc1ccc(SC(C)C(=O)Nc2ccc(Cl)cc2)cc1. The molecule has 0 aliphatic rings. The fourth-order valence-electron chi connectivity index (χ4n) is 1.69. The Hall–Kier alpha value is -1.65. The third kappa shape index (κ3) is 4.69. The van der Waals surface area contributed by atoms with E-state index in [0.29, 0.717) is 5.02 Å². The van der Waals surface area contributed by atoms with E-state index >= 15 is 0 Å². The largest absolute Gasteiger partial charge is 0.497 e. The van der Waals surface area contributed by atoms with E-state index in [1.807, 2.05) is 31.2 Å². The zero-order valence-corrected chi connectivity index (χ0v) is 13.4. The summed E-state index contributed by atoms with van der Waals surface area (Å²) in [5, 5.41) is 3.32. The second kappa shape index (κ2) is 7.38. The van der Waals surface area contributed by atoms with Crippen LogP contribution in [0.1, 0.15) is 6.92 Å². The predicted octanol–water partition coefficient (Wildman–Crippen LogP) is 4.47. The molecule has 0 aromatic heterocycles. The number of carbonyl (C=O) groups excluding carboxylic acids is 1. The Balaban J connectivity index is 1.93. The van der Waals surface area contributed by atoms with Crippen molar-refractivity contribution in [2.24, 2.45) is 0 Å². The first-order chi connectivity index (χ1) is 10.1. The number of hydrogen-bond acceptors (Lipinski definition) is 3. The lowest BCUT2D eigenvalue weighted by Gasteiger charge is -2.12. The molecule has 0 bridgehead atoms. The molecule has 0 aliphatic heterocycles. The fraction of sp³-hybridized carbons (Fsp3) is 0.188. The number of anilines is 1. The van der Waals surface area contributed by atoms with Crippen LogP contribution in [0.4, 0.5) is 5.69 Å². The van der Waals surface area contributed by atoms with E-state index in [-0.39, 0.29) is 11.2 Å². The van der Waals surface area contributed by atoms with Crippen molar-refractivity contribution in [1.82, 2.24) is 0 Å². The van der Waals surface area contributed by atoms with Crippen LogP contribution in [0.25, 0.3) is 0 Å². The Bertz CT molecular complexity index is 599. The maximum Gasteiger partial charge on any atom is 0.237 e. The number of nitrogens with one attached hydrogen (secondary N) is 1. The number of amides is 1. The average molecular weight is 322 g/mol. The quantitative estimate of drug-likeness (QED) is 0.826. The van der Waals surface area contributed by atoms with E-state index in [9.17, 15) is 4.79 Å². The van der Waals surface area contributed by atoms with Gasteiger partial charge >= 0.3 is 0 Å². The van der Waals surface area contributed by atoms with Crippen molar-refractivity contribution in [2.45, 2.75) is 17.1 Å². The lowest BCUT2D eigenvalue weighted by Crippen LogP contribution is -2.22. The molecule has 0 spiro atoms. The molecule has 0 heterocycles. The maximum absolute atomic E-state index is 12.1. The van der Waals surface area contributed by atoms with Gasteiger partial charge in [-0.15, -0.1) is 11.8 Å². The molecule has 21 heavy (non-hydrogen) atoms. The molecule has 0 radical (unpaired) electrons. The van der Waals surface area contributed by atoms with Crippen LogP contribution in [-0.2, 0) is 4.79 Å². The molecule has 3 nitrogen and oxygen atoms in total. The van der Waals surface area contributed by atoms with Crippen LogP contribution in [0, 0.1) is 0 Å². The molecule has 0 saturated carbocycles. The van der Waals surface area contributed by atoms with E-state index in [1.165, 1.54) is 11.8 Å². The molecule has 2 aromatic rings. The minimum atomic E-state index is -0.200. The third-order valence-corrected chi connectivity index (χ3v) is 4.22. The summed E-state index contributed by atoms with van der Waals surface area (Å²) >= 11 is 7.32. The molecular weight excluding hydrogens is 306 g/mol. The number of rotatable bonds is 5. The minimum absolute atomic E-state index is 0.0434. The van der Waals surface area contributed by atoms with Crippen molar-refractivity contribution in [3.8, 4) is 5.75 Å². The normalized spacial score (nSPS) is 11.8. The van der Waals surface area contributed by atoms with Gasteiger partial charge in [-0.2, -0.15) is 0 Å².